The molecule has 0 heterocycles. The van der Waals surface area contributed by atoms with E-state index in [1.165, 1.54) is 0 Å². The summed E-state index contributed by atoms with van der Waals surface area (Å²) in [7, 11) is 0. The van der Waals surface area contributed by atoms with Crippen LogP contribution in [0.15, 0.2) is 12.2 Å². The van der Waals surface area contributed by atoms with E-state index in [0.29, 0.717) is 13.0 Å². The largest absolute Gasteiger partial charge is 0.465 e. The van der Waals surface area contributed by atoms with E-state index in [1.807, 2.05) is 0 Å². The van der Waals surface area contributed by atoms with Gasteiger partial charge in [-0.2, -0.15) is 0 Å². The molecule has 0 saturated heterocycles. The fraction of sp³-hybridized carbons (Fsp3) is 0.600. The van der Waals surface area contributed by atoms with Crippen molar-refractivity contribution in [2.24, 2.45) is 11.7 Å². The highest BCUT2D eigenvalue weighted by atomic mass is 16.5. The number of nitrogens with one attached hydrogen (secondary N) is 1. The van der Waals surface area contributed by atoms with Crippen LogP contribution in [0.1, 0.15) is 13.3 Å². The number of carbonyl (C=O) groups is 2. The van der Waals surface area contributed by atoms with Gasteiger partial charge in [-0.25, -0.2) is 0 Å². The number of hydrogen-bond donors (Lipinski definition) is 2. The van der Waals surface area contributed by atoms with Crippen molar-refractivity contribution in [3.05, 3.63) is 12.2 Å². The smallest absolute Gasteiger partial charge is 0.325 e. The Labute approximate surface area is 88.7 Å². The van der Waals surface area contributed by atoms with E-state index in [-0.39, 0.29) is 24.4 Å². The fourth-order valence-corrected chi connectivity index (χ4v) is 1.42. The Bertz CT molecular complexity index is 276. The molecule has 0 aliphatic heterocycles. The number of esters is 1. The SMILES string of the molecule is CCOC(=O)CNC(=O)C1C=CC(N)C1. The Morgan fingerprint density at radius 1 is 1.53 bits per heavy atom. The second-order valence-corrected chi connectivity index (χ2v) is 3.41. The van der Waals surface area contributed by atoms with Crippen LogP contribution < -0.4 is 11.1 Å². The number of carbonyl (C=O) groups excluding carboxylic acids is 2. The van der Waals surface area contributed by atoms with E-state index >= 15 is 0 Å². The predicted octanol–water partition coefficient (Wildman–Crippen LogP) is -0.431. The maximum Gasteiger partial charge on any atom is 0.325 e. The standard InChI is InChI=1S/C10H16N2O3/c1-2-15-9(13)6-12-10(14)7-3-4-8(11)5-7/h3-4,7-8H,2,5-6,11H2,1H3,(H,12,14). The fourth-order valence-electron chi connectivity index (χ4n) is 1.42. The van der Waals surface area contributed by atoms with Gasteiger partial charge < -0.3 is 15.8 Å². The summed E-state index contributed by atoms with van der Waals surface area (Å²) in [6.45, 7) is 1.97. The van der Waals surface area contributed by atoms with Gasteiger partial charge in [0.15, 0.2) is 0 Å². The van der Waals surface area contributed by atoms with E-state index < -0.39 is 5.97 Å². The molecule has 0 fully saturated rings. The van der Waals surface area contributed by atoms with Gasteiger partial charge in [0.05, 0.1) is 12.5 Å². The van der Waals surface area contributed by atoms with Crippen LogP contribution in [0.3, 0.4) is 0 Å². The molecule has 0 radical (unpaired) electrons. The van der Waals surface area contributed by atoms with E-state index in [2.05, 4.69) is 10.1 Å². The van der Waals surface area contributed by atoms with Crippen LogP contribution in [0.5, 0.6) is 0 Å². The minimum atomic E-state index is -0.419. The van der Waals surface area contributed by atoms with Crippen LogP contribution in [0.25, 0.3) is 0 Å². The average molecular weight is 212 g/mol. The molecule has 5 nitrogen and oxygen atoms in total. The number of amides is 1. The molecule has 1 amide bonds. The molecule has 5 heteroatoms. The summed E-state index contributed by atoms with van der Waals surface area (Å²) in [6, 6.07) is -0.0525. The third-order valence-corrected chi connectivity index (χ3v) is 2.17. The Hall–Kier alpha value is -1.36. The molecule has 0 bridgehead atoms. The molecular weight excluding hydrogens is 196 g/mol. The highest BCUT2D eigenvalue weighted by Crippen LogP contribution is 2.15. The minimum Gasteiger partial charge on any atom is -0.465 e. The van der Waals surface area contributed by atoms with E-state index in [1.54, 1.807) is 19.1 Å². The van der Waals surface area contributed by atoms with E-state index in [0.717, 1.165) is 0 Å². The zero-order valence-corrected chi connectivity index (χ0v) is 8.73. The van der Waals surface area contributed by atoms with Crippen LogP contribution in [0.2, 0.25) is 0 Å². The monoisotopic (exact) mass is 212 g/mol. The van der Waals surface area contributed by atoms with E-state index in [9.17, 15) is 9.59 Å². The van der Waals surface area contributed by atoms with Gasteiger partial charge in [-0.1, -0.05) is 12.2 Å². The lowest BCUT2D eigenvalue weighted by molar-refractivity contribution is -0.143. The first kappa shape index (κ1) is 11.7. The second-order valence-electron chi connectivity index (χ2n) is 3.41. The molecule has 1 aliphatic rings. The molecule has 0 spiro atoms. The summed E-state index contributed by atoms with van der Waals surface area (Å²) in [6.07, 6.45) is 4.18. The second kappa shape index (κ2) is 5.50. The summed E-state index contributed by atoms with van der Waals surface area (Å²) >= 11 is 0. The van der Waals surface area contributed by atoms with Crippen molar-refractivity contribution in [3.8, 4) is 0 Å². The number of hydrogen-bond acceptors (Lipinski definition) is 4. The van der Waals surface area contributed by atoms with Gasteiger partial charge >= 0.3 is 5.97 Å². The van der Waals surface area contributed by atoms with Gasteiger partial charge in [0, 0.05) is 6.04 Å². The summed E-state index contributed by atoms with van der Waals surface area (Å²) in [5, 5.41) is 2.51. The Morgan fingerprint density at radius 3 is 2.80 bits per heavy atom. The average Bonchev–Trinajstić information content (AvgIpc) is 2.62. The van der Waals surface area contributed by atoms with Crippen molar-refractivity contribution in [3.63, 3.8) is 0 Å². The Kier molecular flexibility index (Phi) is 4.30. The van der Waals surface area contributed by atoms with Crippen molar-refractivity contribution in [2.75, 3.05) is 13.2 Å². The van der Waals surface area contributed by atoms with Crippen molar-refractivity contribution in [2.45, 2.75) is 19.4 Å². The molecule has 1 aliphatic carbocycles. The Balaban J connectivity index is 2.25. The maximum atomic E-state index is 11.5. The third kappa shape index (κ3) is 3.71. The third-order valence-electron chi connectivity index (χ3n) is 2.17. The molecule has 0 aromatic heterocycles. The van der Waals surface area contributed by atoms with Crippen LogP contribution in [0, 0.1) is 5.92 Å². The van der Waals surface area contributed by atoms with Crippen molar-refractivity contribution in [1.82, 2.24) is 5.32 Å². The van der Waals surface area contributed by atoms with Gasteiger partial charge in [0.2, 0.25) is 5.91 Å². The van der Waals surface area contributed by atoms with Gasteiger partial charge in [-0.3, -0.25) is 9.59 Å². The topological polar surface area (TPSA) is 81.4 Å². The van der Waals surface area contributed by atoms with Crippen LogP contribution in [-0.2, 0) is 14.3 Å². The first-order chi connectivity index (χ1) is 7.13. The summed E-state index contributed by atoms with van der Waals surface area (Å²) in [5.41, 5.74) is 5.61. The lowest BCUT2D eigenvalue weighted by Gasteiger charge is -2.09. The summed E-state index contributed by atoms with van der Waals surface area (Å²) in [4.78, 5) is 22.4. The maximum absolute atomic E-state index is 11.5. The first-order valence-electron chi connectivity index (χ1n) is 5.00. The quantitative estimate of drug-likeness (QED) is 0.489. The first-order valence-corrected chi connectivity index (χ1v) is 5.00. The lowest BCUT2D eigenvalue weighted by Crippen LogP contribution is -2.35. The predicted molar refractivity (Wildman–Crippen MR) is 54.9 cm³/mol. The summed E-state index contributed by atoms with van der Waals surface area (Å²) in [5.74, 6) is -0.807. The van der Waals surface area contributed by atoms with Crippen LogP contribution >= 0.6 is 0 Å². The highest BCUT2D eigenvalue weighted by molar-refractivity contribution is 5.85. The molecule has 0 saturated carbocycles. The number of nitrogens with two attached hydrogens (primary N) is 1. The number of ether oxygens (including phenoxy) is 1. The number of rotatable bonds is 4. The van der Waals surface area contributed by atoms with Crippen molar-refractivity contribution < 1.29 is 14.3 Å². The molecule has 1 rings (SSSR count). The minimum absolute atomic E-state index is 0.0525. The van der Waals surface area contributed by atoms with Crippen LogP contribution in [0.4, 0.5) is 0 Å². The van der Waals surface area contributed by atoms with Gasteiger partial charge in [-0.15, -0.1) is 0 Å². The van der Waals surface area contributed by atoms with Crippen LogP contribution in [-0.4, -0.2) is 31.1 Å². The lowest BCUT2D eigenvalue weighted by atomic mass is 10.1. The zero-order chi connectivity index (χ0) is 11.3. The molecule has 84 valence electrons. The molecule has 15 heavy (non-hydrogen) atoms. The summed E-state index contributed by atoms with van der Waals surface area (Å²) < 4.78 is 4.68. The molecule has 0 aromatic rings. The van der Waals surface area contributed by atoms with Gasteiger partial charge in [0.25, 0.3) is 0 Å². The molecule has 2 unspecified atom stereocenters. The van der Waals surface area contributed by atoms with Crippen molar-refractivity contribution in [1.29, 1.82) is 0 Å². The van der Waals surface area contributed by atoms with Gasteiger partial charge in [-0.05, 0) is 13.3 Å². The van der Waals surface area contributed by atoms with Gasteiger partial charge in [0.1, 0.15) is 6.54 Å². The molecular formula is C10H16N2O3. The molecule has 2 atom stereocenters. The zero-order valence-electron chi connectivity index (χ0n) is 8.73. The molecule has 0 aromatic carbocycles. The normalized spacial score (nSPS) is 23.9. The van der Waals surface area contributed by atoms with Crippen molar-refractivity contribution >= 4 is 11.9 Å². The Morgan fingerprint density at radius 2 is 2.27 bits per heavy atom. The molecule has 3 N–H and O–H groups in total. The van der Waals surface area contributed by atoms with E-state index in [4.69, 9.17) is 5.73 Å². The highest BCUT2D eigenvalue weighted by Gasteiger charge is 2.22.